The van der Waals surface area contributed by atoms with Gasteiger partial charge < -0.3 is 14.3 Å². The van der Waals surface area contributed by atoms with Gasteiger partial charge >= 0.3 is 0 Å². The van der Waals surface area contributed by atoms with Crippen LogP contribution in [-0.4, -0.2) is 23.4 Å². The number of aromatic nitrogens is 1. The maximum atomic E-state index is 10.4. The zero-order valence-electron chi connectivity index (χ0n) is 17.2. The molecule has 0 bridgehead atoms. The van der Waals surface area contributed by atoms with Crippen LogP contribution in [0.3, 0.4) is 0 Å². The average Bonchev–Trinajstić information content (AvgIpc) is 3.13. The van der Waals surface area contributed by atoms with Gasteiger partial charge in [-0.1, -0.05) is 28.1 Å². The first-order chi connectivity index (χ1) is 14.4. The van der Waals surface area contributed by atoms with Crippen molar-refractivity contribution in [1.82, 2.24) is 4.98 Å². The molecule has 0 atom stereocenters. The molecule has 152 valence electrons. The second-order valence-corrected chi connectivity index (χ2v) is 8.17. The predicted molar refractivity (Wildman–Crippen MR) is 123 cm³/mol. The Labute approximate surface area is 183 Å². The lowest BCUT2D eigenvalue weighted by Crippen LogP contribution is -1.89. The molecule has 4 aromatic rings. The van der Waals surface area contributed by atoms with Crippen LogP contribution in [-0.2, 0) is 0 Å². The average molecular weight is 465 g/mol. The highest BCUT2D eigenvalue weighted by molar-refractivity contribution is 9.10. The summed E-state index contributed by atoms with van der Waals surface area (Å²) in [5.41, 5.74) is 7.02. The first-order valence-corrected chi connectivity index (χ1v) is 10.2. The van der Waals surface area contributed by atoms with Crippen LogP contribution in [0.1, 0.15) is 22.3 Å². The molecule has 0 spiro atoms. The second kappa shape index (κ2) is 7.95. The third kappa shape index (κ3) is 3.83. The lowest BCUT2D eigenvalue weighted by molar-refractivity contribution is 0.373. The first kappa shape index (κ1) is 20.2. The van der Waals surface area contributed by atoms with Crippen molar-refractivity contribution in [3.8, 4) is 23.0 Å². The fourth-order valence-corrected chi connectivity index (χ4v) is 3.82. The van der Waals surface area contributed by atoms with E-state index in [2.05, 4.69) is 32.0 Å². The molecule has 1 heterocycles. The summed E-state index contributed by atoms with van der Waals surface area (Å²) in [6, 6.07) is 13.5. The fourth-order valence-electron chi connectivity index (χ4n) is 3.37. The summed E-state index contributed by atoms with van der Waals surface area (Å²) in [5, 5.41) is 10.4. The number of aliphatic imine (C=N–C) groups is 1. The molecule has 1 aromatic heterocycles. The molecule has 6 heteroatoms. The van der Waals surface area contributed by atoms with Crippen molar-refractivity contribution in [1.29, 1.82) is 0 Å². The van der Waals surface area contributed by atoms with Crippen LogP contribution in [0.5, 0.6) is 11.5 Å². The van der Waals surface area contributed by atoms with E-state index in [4.69, 9.17) is 9.15 Å². The summed E-state index contributed by atoms with van der Waals surface area (Å²) >= 11 is 3.42. The van der Waals surface area contributed by atoms with Crippen LogP contribution in [0, 0.1) is 20.8 Å². The first-order valence-electron chi connectivity index (χ1n) is 9.45. The van der Waals surface area contributed by atoms with Gasteiger partial charge in [0.15, 0.2) is 17.1 Å². The number of rotatable bonds is 4. The molecule has 5 nitrogen and oxygen atoms in total. The van der Waals surface area contributed by atoms with E-state index in [-0.39, 0.29) is 5.75 Å². The van der Waals surface area contributed by atoms with Gasteiger partial charge in [0.25, 0.3) is 0 Å². The van der Waals surface area contributed by atoms with Crippen molar-refractivity contribution in [3.63, 3.8) is 0 Å². The SMILES string of the molecule is COc1cc(Br)cc(C=Nc2cc(-c3nc4cc(C)cc(C)c4o3)ccc2C)c1O. The van der Waals surface area contributed by atoms with E-state index in [1.165, 1.54) is 7.11 Å². The molecule has 30 heavy (non-hydrogen) atoms. The summed E-state index contributed by atoms with van der Waals surface area (Å²) in [4.78, 5) is 9.26. The summed E-state index contributed by atoms with van der Waals surface area (Å²) in [5.74, 6) is 0.985. The van der Waals surface area contributed by atoms with Crippen molar-refractivity contribution in [2.75, 3.05) is 7.11 Å². The van der Waals surface area contributed by atoms with Crippen molar-refractivity contribution < 1.29 is 14.3 Å². The molecule has 0 saturated heterocycles. The van der Waals surface area contributed by atoms with Crippen LogP contribution >= 0.6 is 15.9 Å². The number of oxazole rings is 1. The fraction of sp³-hybridized carbons (Fsp3) is 0.167. The van der Waals surface area contributed by atoms with Gasteiger partial charge in [0.1, 0.15) is 5.52 Å². The Bertz CT molecular complexity index is 1290. The minimum atomic E-state index is 0.0445. The monoisotopic (exact) mass is 464 g/mol. The zero-order chi connectivity index (χ0) is 21.4. The second-order valence-electron chi connectivity index (χ2n) is 7.25. The number of benzene rings is 3. The molecule has 0 aliphatic rings. The maximum Gasteiger partial charge on any atom is 0.227 e. The van der Waals surface area contributed by atoms with E-state index < -0.39 is 0 Å². The number of hydrogen-bond acceptors (Lipinski definition) is 5. The zero-order valence-corrected chi connectivity index (χ0v) is 18.7. The van der Waals surface area contributed by atoms with Gasteiger partial charge in [-0.2, -0.15) is 0 Å². The van der Waals surface area contributed by atoms with E-state index in [1.54, 1.807) is 18.3 Å². The number of methoxy groups -OCH3 is 1. The predicted octanol–water partition coefficient (Wildman–Crippen LogP) is 6.65. The highest BCUT2D eigenvalue weighted by Crippen LogP contribution is 2.34. The van der Waals surface area contributed by atoms with Gasteiger partial charge in [0.05, 0.1) is 12.8 Å². The summed E-state index contributed by atoms with van der Waals surface area (Å²) < 4.78 is 12.0. The van der Waals surface area contributed by atoms with Crippen LogP contribution in [0.2, 0.25) is 0 Å². The molecule has 4 rings (SSSR count). The molecule has 0 unspecified atom stereocenters. The van der Waals surface area contributed by atoms with Crippen LogP contribution in [0.15, 0.2) is 56.3 Å². The van der Waals surface area contributed by atoms with Crippen molar-refractivity contribution in [2.24, 2.45) is 4.99 Å². The van der Waals surface area contributed by atoms with E-state index >= 15 is 0 Å². The van der Waals surface area contributed by atoms with E-state index in [9.17, 15) is 5.11 Å². The van der Waals surface area contributed by atoms with Gasteiger partial charge in [0.2, 0.25) is 5.89 Å². The van der Waals surface area contributed by atoms with Crippen LogP contribution < -0.4 is 4.74 Å². The normalized spacial score (nSPS) is 11.5. The highest BCUT2D eigenvalue weighted by Gasteiger charge is 2.13. The summed E-state index contributed by atoms with van der Waals surface area (Å²) in [6.45, 7) is 6.05. The molecule has 0 amide bonds. The third-order valence-electron chi connectivity index (χ3n) is 4.91. The Balaban J connectivity index is 1.74. The van der Waals surface area contributed by atoms with Crippen LogP contribution in [0.25, 0.3) is 22.6 Å². The Kier molecular flexibility index (Phi) is 5.35. The molecule has 0 radical (unpaired) electrons. The topological polar surface area (TPSA) is 67.9 Å². The molecule has 0 aliphatic heterocycles. The number of phenols is 1. The van der Waals surface area contributed by atoms with Crippen LogP contribution in [0.4, 0.5) is 5.69 Å². The van der Waals surface area contributed by atoms with E-state index in [1.807, 2.05) is 45.0 Å². The largest absolute Gasteiger partial charge is 0.504 e. The number of halogens is 1. The van der Waals surface area contributed by atoms with Gasteiger partial charge in [-0.15, -0.1) is 0 Å². The molecule has 0 aliphatic carbocycles. The summed E-state index contributed by atoms with van der Waals surface area (Å²) in [6.07, 6.45) is 1.62. The number of phenolic OH excluding ortho intramolecular Hbond substituents is 1. The number of aromatic hydroxyl groups is 1. The van der Waals surface area contributed by atoms with Gasteiger partial charge in [0, 0.05) is 21.8 Å². The standard InChI is InChI=1S/C24H21BrN2O3/c1-13-7-15(3)23-20(8-13)27-24(30-23)16-6-5-14(2)19(10-16)26-12-17-9-18(25)11-21(29-4)22(17)28/h5-12,28H,1-4H3. The van der Waals surface area contributed by atoms with Crippen molar-refractivity contribution >= 4 is 38.9 Å². The molecule has 1 N–H and O–H groups in total. The van der Waals surface area contributed by atoms with E-state index in [0.717, 1.165) is 43.5 Å². The molecular formula is C24H21BrN2O3. The van der Waals surface area contributed by atoms with Crippen molar-refractivity contribution in [2.45, 2.75) is 20.8 Å². The Morgan fingerprint density at radius 2 is 1.87 bits per heavy atom. The highest BCUT2D eigenvalue weighted by atomic mass is 79.9. The number of hydrogen-bond donors (Lipinski definition) is 1. The number of ether oxygens (including phenoxy) is 1. The molecule has 0 saturated carbocycles. The Morgan fingerprint density at radius 1 is 1.07 bits per heavy atom. The lowest BCUT2D eigenvalue weighted by Gasteiger charge is -2.07. The number of aryl methyl sites for hydroxylation is 3. The molecule has 0 fully saturated rings. The maximum absolute atomic E-state index is 10.4. The number of fused-ring (bicyclic) bond motifs is 1. The van der Waals surface area contributed by atoms with Crippen molar-refractivity contribution in [3.05, 3.63) is 69.2 Å². The smallest absolute Gasteiger partial charge is 0.227 e. The third-order valence-corrected chi connectivity index (χ3v) is 5.37. The van der Waals surface area contributed by atoms with Gasteiger partial charge in [-0.05, 0) is 67.8 Å². The number of nitrogens with zero attached hydrogens (tertiary/aromatic N) is 2. The quantitative estimate of drug-likeness (QED) is 0.343. The minimum Gasteiger partial charge on any atom is -0.504 e. The van der Waals surface area contributed by atoms with Gasteiger partial charge in [-0.25, -0.2) is 4.98 Å². The Hall–Kier alpha value is -3.12. The van der Waals surface area contributed by atoms with Gasteiger partial charge in [-0.3, -0.25) is 4.99 Å². The molecular weight excluding hydrogens is 444 g/mol. The molecule has 3 aromatic carbocycles. The van der Waals surface area contributed by atoms with E-state index in [0.29, 0.717) is 17.2 Å². The lowest BCUT2D eigenvalue weighted by atomic mass is 10.1. The Morgan fingerprint density at radius 3 is 2.63 bits per heavy atom. The minimum absolute atomic E-state index is 0.0445. The summed E-state index contributed by atoms with van der Waals surface area (Å²) in [7, 11) is 1.51.